The molecule has 9 heteroatoms. The van der Waals surface area contributed by atoms with E-state index in [0.717, 1.165) is 23.2 Å². The average molecular weight is 454 g/mol. The van der Waals surface area contributed by atoms with Crippen LogP contribution in [0.25, 0.3) is 0 Å². The first-order valence-electron chi connectivity index (χ1n) is 10.2. The molecule has 0 fully saturated rings. The number of carbonyl (C=O) groups excluding carboxylic acids is 2. The number of ether oxygens (including phenoxy) is 1. The molecule has 2 aromatic carbocycles. The van der Waals surface area contributed by atoms with Crippen molar-refractivity contribution in [3.05, 3.63) is 65.0 Å². The molecule has 2 N–H and O–H groups in total. The van der Waals surface area contributed by atoms with Crippen LogP contribution < -0.4 is 15.4 Å². The molecular formula is C23H27N5O3S. The van der Waals surface area contributed by atoms with Gasteiger partial charge in [0.2, 0.25) is 5.91 Å². The zero-order chi connectivity index (χ0) is 23.1. The molecule has 0 saturated carbocycles. The first kappa shape index (κ1) is 23.3. The molecule has 0 radical (unpaired) electrons. The molecule has 8 nitrogen and oxygen atoms in total. The summed E-state index contributed by atoms with van der Waals surface area (Å²) in [6.07, 6.45) is 0.847. The first-order chi connectivity index (χ1) is 15.4. The van der Waals surface area contributed by atoms with Crippen molar-refractivity contribution in [2.45, 2.75) is 32.0 Å². The molecule has 3 aromatic rings. The number of rotatable bonds is 9. The van der Waals surface area contributed by atoms with Gasteiger partial charge < -0.3 is 19.9 Å². The zero-order valence-corrected chi connectivity index (χ0v) is 19.5. The third-order valence-corrected chi connectivity index (χ3v) is 6.04. The summed E-state index contributed by atoms with van der Waals surface area (Å²) in [5.41, 5.74) is 3.55. The predicted molar refractivity (Wildman–Crippen MR) is 125 cm³/mol. The molecule has 0 aliphatic heterocycles. The smallest absolute Gasteiger partial charge is 0.251 e. The SMILES string of the molecule is CCc1cccc(C)c1NC(=O)CSc1nnc(CNC(=O)c2ccc(OC)cc2)n1C. The molecule has 0 aliphatic carbocycles. The lowest BCUT2D eigenvalue weighted by molar-refractivity contribution is -0.113. The summed E-state index contributed by atoms with van der Waals surface area (Å²) in [7, 11) is 3.39. The van der Waals surface area contributed by atoms with Gasteiger partial charge in [0.1, 0.15) is 5.75 Å². The highest BCUT2D eigenvalue weighted by molar-refractivity contribution is 7.99. The second-order valence-electron chi connectivity index (χ2n) is 7.17. The van der Waals surface area contributed by atoms with Crippen LogP contribution in [0.1, 0.15) is 34.2 Å². The van der Waals surface area contributed by atoms with Crippen LogP contribution >= 0.6 is 11.8 Å². The molecule has 0 spiro atoms. The Morgan fingerprint density at radius 2 is 1.88 bits per heavy atom. The second-order valence-corrected chi connectivity index (χ2v) is 8.11. The van der Waals surface area contributed by atoms with Crippen LogP contribution in [-0.2, 0) is 24.8 Å². The van der Waals surface area contributed by atoms with Crippen molar-refractivity contribution < 1.29 is 14.3 Å². The van der Waals surface area contributed by atoms with E-state index in [1.807, 2.05) is 32.2 Å². The van der Waals surface area contributed by atoms with Gasteiger partial charge in [-0.3, -0.25) is 9.59 Å². The lowest BCUT2D eigenvalue weighted by Crippen LogP contribution is -2.24. The molecule has 0 bridgehead atoms. The molecule has 168 valence electrons. The summed E-state index contributed by atoms with van der Waals surface area (Å²) in [5.74, 6) is 1.18. The van der Waals surface area contributed by atoms with Gasteiger partial charge >= 0.3 is 0 Å². The number of aryl methyl sites for hydroxylation is 2. The minimum atomic E-state index is -0.214. The number of aromatic nitrogens is 3. The molecule has 2 amide bonds. The monoisotopic (exact) mass is 453 g/mol. The van der Waals surface area contributed by atoms with Crippen molar-refractivity contribution in [2.75, 3.05) is 18.2 Å². The van der Waals surface area contributed by atoms with E-state index in [9.17, 15) is 9.59 Å². The zero-order valence-electron chi connectivity index (χ0n) is 18.6. The van der Waals surface area contributed by atoms with E-state index >= 15 is 0 Å². The van der Waals surface area contributed by atoms with Crippen LogP contribution in [-0.4, -0.2) is 39.4 Å². The fraction of sp³-hybridized carbons (Fsp3) is 0.304. The van der Waals surface area contributed by atoms with Crippen LogP contribution in [0, 0.1) is 6.92 Å². The third-order valence-electron chi connectivity index (χ3n) is 5.02. The summed E-state index contributed by atoms with van der Waals surface area (Å²) < 4.78 is 6.88. The number of para-hydroxylation sites is 1. The van der Waals surface area contributed by atoms with Crippen molar-refractivity contribution in [1.82, 2.24) is 20.1 Å². The molecule has 0 aliphatic rings. The Balaban J connectivity index is 1.54. The maximum atomic E-state index is 12.5. The standard InChI is InChI=1S/C23H27N5O3S/c1-5-16-8-6-7-15(2)21(16)25-20(29)14-32-23-27-26-19(28(23)3)13-24-22(30)17-9-11-18(31-4)12-10-17/h6-12H,5,13-14H2,1-4H3,(H,24,30)(H,25,29). The van der Waals surface area contributed by atoms with E-state index in [4.69, 9.17) is 4.74 Å². The number of nitrogens with zero attached hydrogens (tertiary/aromatic N) is 3. The van der Waals surface area contributed by atoms with Crippen molar-refractivity contribution in [3.8, 4) is 5.75 Å². The van der Waals surface area contributed by atoms with E-state index < -0.39 is 0 Å². The number of benzene rings is 2. The maximum Gasteiger partial charge on any atom is 0.251 e. The highest BCUT2D eigenvalue weighted by Gasteiger charge is 2.14. The predicted octanol–water partition coefficient (Wildman–Crippen LogP) is 3.36. The van der Waals surface area contributed by atoms with E-state index in [1.54, 1.807) is 35.9 Å². The first-order valence-corrected chi connectivity index (χ1v) is 11.2. The average Bonchev–Trinajstić information content (AvgIpc) is 3.16. The van der Waals surface area contributed by atoms with Crippen molar-refractivity contribution >= 4 is 29.3 Å². The summed E-state index contributed by atoms with van der Waals surface area (Å²) in [6, 6.07) is 12.9. The summed E-state index contributed by atoms with van der Waals surface area (Å²) >= 11 is 1.30. The number of methoxy groups -OCH3 is 1. The normalized spacial score (nSPS) is 10.6. The Bertz CT molecular complexity index is 1100. The largest absolute Gasteiger partial charge is 0.497 e. The van der Waals surface area contributed by atoms with Crippen LogP contribution in [0.3, 0.4) is 0 Å². The van der Waals surface area contributed by atoms with Crippen LogP contribution in [0.5, 0.6) is 5.75 Å². The van der Waals surface area contributed by atoms with Crippen LogP contribution in [0.2, 0.25) is 0 Å². The highest BCUT2D eigenvalue weighted by atomic mass is 32.2. The molecule has 32 heavy (non-hydrogen) atoms. The van der Waals surface area contributed by atoms with E-state index in [0.29, 0.717) is 22.3 Å². The summed E-state index contributed by atoms with van der Waals surface area (Å²) in [6.45, 7) is 4.27. The number of carbonyl (C=O) groups is 2. The Morgan fingerprint density at radius 3 is 2.56 bits per heavy atom. The summed E-state index contributed by atoms with van der Waals surface area (Å²) in [5, 5.41) is 14.7. The fourth-order valence-corrected chi connectivity index (χ4v) is 3.87. The molecule has 0 atom stereocenters. The van der Waals surface area contributed by atoms with Gasteiger partial charge in [-0.15, -0.1) is 10.2 Å². The van der Waals surface area contributed by atoms with Gasteiger partial charge in [0.25, 0.3) is 5.91 Å². The fourth-order valence-electron chi connectivity index (χ4n) is 3.14. The van der Waals surface area contributed by atoms with E-state index in [1.165, 1.54) is 11.8 Å². The number of nitrogens with one attached hydrogen (secondary N) is 2. The van der Waals surface area contributed by atoms with E-state index in [-0.39, 0.29) is 24.1 Å². The number of hydrogen-bond donors (Lipinski definition) is 2. The highest BCUT2D eigenvalue weighted by Crippen LogP contribution is 2.22. The van der Waals surface area contributed by atoms with Crippen molar-refractivity contribution in [1.29, 1.82) is 0 Å². The molecular weight excluding hydrogens is 426 g/mol. The van der Waals surface area contributed by atoms with Crippen molar-refractivity contribution in [3.63, 3.8) is 0 Å². The van der Waals surface area contributed by atoms with Crippen LogP contribution in [0.15, 0.2) is 47.6 Å². The lowest BCUT2D eigenvalue weighted by atomic mass is 10.1. The Hall–Kier alpha value is -3.33. The van der Waals surface area contributed by atoms with Gasteiger partial charge in [-0.2, -0.15) is 0 Å². The maximum absolute atomic E-state index is 12.5. The van der Waals surface area contributed by atoms with Gasteiger partial charge in [0.05, 0.1) is 19.4 Å². The minimum Gasteiger partial charge on any atom is -0.497 e. The minimum absolute atomic E-state index is 0.101. The van der Waals surface area contributed by atoms with Gasteiger partial charge in [-0.05, 0) is 48.7 Å². The van der Waals surface area contributed by atoms with E-state index in [2.05, 4.69) is 27.8 Å². The molecule has 1 heterocycles. The Labute approximate surface area is 191 Å². The Kier molecular flexibility index (Phi) is 7.88. The topological polar surface area (TPSA) is 98.1 Å². The van der Waals surface area contributed by atoms with Crippen molar-refractivity contribution in [2.24, 2.45) is 7.05 Å². The van der Waals surface area contributed by atoms with Gasteiger partial charge in [-0.1, -0.05) is 36.9 Å². The number of thioether (sulfide) groups is 1. The third kappa shape index (κ3) is 5.67. The second kappa shape index (κ2) is 10.8. The number of amides is 2. The molecule has 0 unspecified atom stereocenters. The van der Waals surface area contributed by atoms with Crippen LogP contribution in [0.4, 0.5) is 5.69 Å². The van der Waals surface area contributed by atoms with Gasteiger partial charge in [0.15, 0.2) is 11.0 Å². The van der Waals surface area contributed by atoms with Gasteiger partial charge in [-0.25, -0.2) is 0 Å². The molecule has 1 aromatic heterocycles. The molecule has 0 saturated heterocycles. The Morgan fingerprint density at radius 1 is 1.12 bits per heavy atom. The lowest BCUT2D eigenvalue weighted by Gasteiger charge is -2.12. The summed E-state index contributed by atoms with van der Waals surface area (Å²) in [4.78, 5) is 24.8. The number of hydrogen-bond acceptors (Lipinski definition) is 6. The quantitative estimate of drug-likeness (QED) is 0.482. The number of anilines is 1. The molecule has 3 rings (SSSR count). The van der Waals surface area contributed by atoms with Gasteiger partial charge in [0, 0.05) is 18.3 Å².